The van der Waals surface area contributed by atoms with Crippen molar-refractivity contribution >= 4 is 5.97 Å². The normalized spacial score (nSPS) is 25.5. The summed E-state index contributed by atoms with van der Waals surface area (Å²) in [6, 6.07) is 10.0. The zero-order chi connectivity index (χ0) is 22.2. The summed E-state index contributed by atoms with van der Waals surface area (Å²) in [5.41, 5.74) is 1.11. The van der Waals surface area contributed by atoms with Crippen LogP contribution in [0.2, 0.25) is 0 Å². The van der Waals surface area contributed by atoms with Gasteiger partial charge in [0.05, 0.1) is 12.7 Å². The molecule has 1 N–H and O–H groups in total. The lowest BCUT2D eigenvalue weighted by Crippen LogP contribution is -2.30. The Kier molecular flexibility index (Phi) is 12.3. The summed E-state index contributed by atoms with van der Waals surface area (Å²) in [6.45, 7) is 2.61. The number of aliphatic hydroxyl groups is 1. The first kappa shape index (κ1) is 24.8. The zero-order valence-corrected chi connectivity index (χ0v) is 18.6. The zero-order valence-electron chi connectivity index (χ0n) is 18.6. The largest absolute Gasteiger partial charge is 0.459 e. The van der Waals surface area contributed by atoms with E-state index in [1.807, 2.05) is 48.6 Å². The average Bonchev–Trinajstić information content (AvgIpc) is 2.79. The molecule has 4 nitrogen and oxygen atoms in total. The first-order valence-electron chi connectivity index (χ1n) is 11.4. The van der Waals surface area contributed by atoms with Crippen molar-refractivity contribution in [2.45, 2.75) is 76.8 Å². The highest BCUT2D eigenvalue weighted by atomic mass is 16.6. The monoisotopic (exact) mass is 424 g/mol. The van der Waals surface area contributed by atoms with Crippen LogP contribution in [0.1, 0.15) is 57.4 Å². The van der Waals surface area contributed by atoms with Gasteiger partial charge in [0.15, 0.2) is 0 Å². The molecule has 4 heteroatoms. The van der Waals surface area contributed by atoms with Crippen molar-refractivity contribution < 1.29 is 19.4 Å². The van der Waals surface area contributed by atoms with Gasteiger partial charge in [0.25, 0.3) is 0 Å². The molecule has 0 aliphatic carbocycles. The minimum Gasteiger partial charge on any atom is -0.459 e. The number of carbonyl (C=O) groups excluding carboxylic acids is 1. The number of cyclic esters (lactones) is 1. The van der Waals surface area contributed by atoms with Gasteiger partial charge in [-0.05, 0) is 37.7 Å². The number of allylic oxidation sites excluding steroid dienone is 4. The number of hydrogen-bond donors (Lipinski definition) is 1. The second-order valence-electron chi connectivity index (χ2n) is 7.66. The van der Waals surface area contributed by atoms with Crippen molar-refractivity contribution in [3.05, 3.63) is 84.5 Å². The summed E-state index contributed by atoms with van der Waals surface area (Å²) in [4.78, 5) is 12.2. The molecule has 0 bridgehead atoms. The van der Waals surface area contributed by atoms with Crippen LogP contribution in [0.5, 0.6) is 0 Å². The Morgan fingerprint density at radius 2 is 1.90 bits per heavy atom. The van der Waals surface area contributed by atoms with Crippen LogP contribution in [0.4, 0.5) is 0 Å². The van der Waals surface area contributed by atoms with Crippen LogP contribution in [-0.4, -0.2) is 29.4 Å². The molecule has 168 valence electrons. The quantitative estimate of drug-likeness (QED) is 0.421. The molecule has 0 unspecified atom stereocenters. The average molecular weight is 425 g/mol. The summed E-state index contributed by atoms with van der Waals surface area (Å²) < 4.78 is 11.7. The van der Waals surface area contributed by atoms with Gasteiger partial charge in [0.2, 0.25) is 0 Å². The summed E-state index contributed by atoms with van der Waals surface area (Å²) in [5.74, 6) is -0.263. The number of rotatable bonds is 8. The Bertz CT molecular complexity index is 733. The van der Waals surface area contributed by atoms with Gasteiger partial charge in [-0.2, -0.15) is 0 Å². The highest BCUT2D eigenvalue weighted by molar-refractivity contribution is 5.69. The molecule has 2 rings (SSSR count). The molecular weight excluding hydrogens is 388 g/mol. The predicted octanol–water partition coefficient (Wildman–Crippen LogP) is 5.83. The molecule has 0 spiro atoms. The van der Waals surface area contributed by atoms with Crippen LogP contribution in [-0.2, 0) is 20.9 Å². The molecule has 0 saturated carbocycles. The van der Waals surface area contributed by atoms with Crippen molar-refractivity contribution in [2.24, 2.45) is 0 Å². The molecule has 0 amide bonds. The van der Waals surface area contributed by atoms with Crippen LogP contribution >= 0.6 is 0 Å². The smallest absolute Gasteiger partial charge is 0.306 e. The van der Waals surface area contributed by atoms with E-state index >= 15 is 0 Å². The summed E-state index contributed by atoms with van der Waals surface area (Å²) in [7, 11) is 0. The van der Waals surface area contributed by atoms with Crippen LogP contribution < -0.4 is 0 Å². The molecule has 1 aromatic carbocycles. The number of benzene rings is 1. The molecular formula is C27H36O4. The third kappa shape index (κ3) is 11.0. The molecule has 3 atom stereocenters. The second-order valence-corrected chi connectivity index (χ2v) is 7.66. The minimum atomic E-state index is -0.882. The summed E-state index contributed by atoms with van der Waals surface area (Å²) in [5, 5.41) is 10.7. The Morgan fingerprint density at radius 3 is 2.71 bits per heavy atom. The van der Waals surface area contributed by atoms with E-state index in [1.54, 1.807) is 6.08 Å². The standard InChI is InChI=1S/C27H36O4/c1-2-3-4-5-6-13-18-26-25(28)21-20-24(30-22-23-15-10-9-11-16-23)17-12-7-8-14-19-27(29)31-26/h3-4,6-7,9-13,15-16,20-21,24-26,28H,2,5,8,14,17-19,22H2,1H3/b4-3-,12-7-,13-6-,21-20+/t24-,25+,26-/m1/s1. The molecule has 1 aromatic rings. The molecule has 1 aliphatic heterocycles. The highest BCUT2D eigenvalue weighted by Crippen LogP contribution is 2.15. The maximum Gasteiger partial charge on any atom is 0.306 e. The second kappa shape index (κ2) is 15.4. The van der Waals surface area contributed by atoms with Crippen molar-refractivity contribution in [1.29, 1.82) is 0 Å². The molecule has 0 radical (unpaired) electrons. The lowest BCUT2D eigenvalue weighted by molar-refractivity contribution is -0.153. The molecule has 0 saturated heterocycles. The fourth-order valence-electron chi connectivity index (χ4n) is 3.21. The van der Waals surface area contributed by atoms with E-state index in [1.165, 1.54) is 0 Å². The Hall–Kier alpha value is -2.43. The van der Waals surface area contributed by atoms with Crippen LogP contribution in [0, 0.1) is 0 Å². The number of ether oxygens (including phenoxy) is 2. The first-order chi connectivity index (χ1) is 15.2. The Labute approximate surface area is 187 Å². The minimum absolute atomic E-state index is 0.155. The van der Waals surface area contributed by atoms with Gasteiger partial charge < -0.3 is 14.6 Å². The van der Waals surface area contributed by atoms with E-state index in [4.69, 9.17) is 9.47 Å². The van der Waals surface area contributed by atoms with E-state index in [2.05, 4.69) is 31.2 Å². The van der Waals surface area contributed by atoms with E-state index in [-0.39, 0.29) is 12.1 Å². The van der Waals surface area contributed by atoms with Crippen molar-refractivity contribution in [2.75, 3.05) is 0 Å². The van der Waals surface area contributed by atoms with Crippen molar-refractivity contribution in [3.8, 4) is 0 Å². The van der Waals surface area contributed by atoms with Gasteiger partial charge >= 0.3 is 5.97 Å². The summed E-state index contributed by atoms with van der Waals surface area (Å²) >= 11 is 0. The van der Waals surface area contributed by atoms with Gasteiger partial charge in [-0.25, -0.2) is 0 Å². The molecule has 1 heterocycles. The fraction of sp³-hybridized carbons (Fsp3) is 0.444. The van der Waals surface area contributed by atoms with E-state index < -0.39 is 12.2 Å². The number of aliphatic hydroxyl groups excluding tert-OH is 1. The first-order valence-corrected chi connectivity index (χ1v) is 11.4. The molecule has 31 heavy (non-hydrogen) atoms. The van der Waals surface area contributed by atoms with Crippen LogP contribution in [0.15, 0.2) is 78.9 Å². The Balaban J connectivity index is 2.02. The SMILES string of the molecule is CC/C=C\C/C=C\C[C@H]1OC(=O)CCC/C=C\C[C@@H](OCc2ccccc2)/C=C/[C@@H]1O. The highest BCUT2D eigenvalue weighted by Gasteiger charge is 2.21. The van der Waals surface area contributed by atoms with Gasteiger partial charge in [-0.3, -0.25) is 4.79 Å². The van der Waals surface area contributed by atoms with Gasteiger partial charge in [-0.1, -0.05) is 85.9 Å². The van der Waals surface area contributed by atoms with Gasteiger partial charge in [0, 0.05) is 12.8 Å². The third-order valence-electron chi connectivity index (χ3n) is 4.99. The van der Waals surface area contributed by atoms with Gasteiger partial charge in [-0.15, -0.1) is 0 Å². The topological polar surface area (TPSA) is 55.8 Å². The van der Waals surface area contributed by atoms with Crippen LogP contribution in [0.25, 0.3) is 0 Å². The van der Waals surface area contributed by atoms with Crippen molar-refractivity contribution in [3.63, 3.8) is 0 Å². The Morgan fingerprint density at radius 1 is 1.10 bits per heavy atom. The number of carbonyl (C=O) groups is 1. The number of esters is 1. The van der Waals surface area contributed by atoms with Gasteiger partial charge in [0.1, 0.15) is 12.2 Å². The maximum atomic E-state index is 12.2. The van der Waals surface area contributed by atoms with Crippen LogP contribution in [0.3, 0.4) is 0 Å². The fourth-order valence-corrected chi connectivity index (χ4v) is 3.21. The lowest BCUT2D eigenvalue weighted by Gasteiger charge is -2.20. The van der Waals surface area contributed by atoms with E-state index in [9.17, 15) is 9.90 Å². The molecule has 0 fully saturated rings. The molecule has 0 aromatic heterocycles. The lowest BCUT2D eigenvalue weighted by atomic mass is 10.1. The number of hydrogen-bond acceptors (Lipinski definition) is 4. The summed E-state index contributed by atoms with van der Waals surface area (Å²) in [6.07, 6.45) is 19.3. The third-order valence-corrected chi connectivity index (χ3v) is 4.99. The van der Waals surface area contributed by atoms with E-state index in [0.29, 0.717) is 19.4 Å². The van der Waals surface area contributed by atoms with E-state index in [0.717, 1.165) is 37.7 Å². The van der Waals surface area contributed by atoms with Crippen molar-refractivity contribution in [1.82, 2.24) is 0 Å². The molecule has 1 aliphatic rings. The maximum absolute atomic E-state index is 12.2. The predicted molar refractivity (Wildman–Crippen MR) is 125 cm³/mol.